The molecule has 2 rings (SSSR count). The fraction of sp³-hybridized carbons (Fsp3) is 0.308. The minimum Gasteiger partial charge on any atom is -0.349 e. The molecule has 0 atom stereocenters. The Morgan fingerprint density at radius 3 is 3.24 bits per heavy atom. The maximum atomic E-state index is 11.5. The summed E-state index contributed by atoms with van der Waals surface area (Å²) in [5.74, 6) is -0.0298. The van der Waals surface area contributed by atoms with Crippen LogP contribution in [0.25, 0.3) is 6.08 Å². The molecule has 0 saturated carbocycles. The highest BCUT2D eigenvalue weighted by Crippen LogP contribution is 2.09. The zero-order chi connectivity index (χ0) is 11.9. The summed E-state index contributed by atoms with van der Waals surface area (Å²) in [6.45, 7) is 2.58. The summed E-state index contributed by atoms with van der Waals surface area (Å²) in [5.41, 5.74) is 1.31. The Kier molecular flexibility index (Phi) is 4.53. The molecule has 0 aliphatic carbocycles. The molecular weight excluding hydrogens is 232 g/mol. The molecule has 1 aliphatic heterocycles. The fourth-order valence-electron chi connectivity index (χ4n) is 1.63. The van der Waals surface area contributed by atoms with Crippen LogP contribution >= 0.6 is 11.3 Å². The molecule has 1 aromatic heterocycles. The maximum Gasteiger partial charge on any atom is 0.244 e. The summed E-state index contributed by atoms with van der Waals surface area (Å²) in [7, 11) is 0. The number of hydrogen-bond donors (Lipinski definition) is 2. The molecule has 2 N–H and O–H groups in total. The van der Waals surface area contributed by atoms with Gasteiger partial charge >= 0.3 is 0 Å². The molecule has 0 bridgehead atoms. The quantitative estimate of drug-likeness (QED) is 0.630. The van der Waals surface area contributed by atoms with Gasteiger partial charge in [0.05, 0.1) is 0 Å². The largest absolute Gasteiger partial charge is 0.349 e. The standard InChI is InChI=1S/C13H16N2OS/c16-13(4-3-12-2-1-9-17-12)15-10-11-5-7-14-8-6-11/h1-5,9,14H,6-8,10H2,(H,15,16)/b4-3+. The molecule has 4 heteroatoms. The fourth-order valence-corrected chi connectivity index (χ4v) is 2.25. The van der Waals surface area contributed by atoms with Crippen molar-refractivity contribution >= 4 is 23.3 Å². The SMILES string of the molecule is O=C(/C=C/c1cccs1)NCC1=CCNCC1. The first-order chi connectivity index (χ1) is 8.34. The average Bonchev–Trinajstić information content (AvgIpc) is 2.88. The maximum absolute atomic E-state index is 11.5. The molecular formula is C13H16N2OS. The van der Waals surface area contributed by atoms with E-state index in [0.29, 0.717) is 6.54 Å². The summed E-state index contributed by atoms with van der Waals surface area (Å²) < 4.78 is 0. The number of thiophene rings is 1. The molecule has 1 amide bonds. The van der Waals surface area contributed by atoms with Gasteiger partial charge in [-0.05, 0) is 30.5 Å². The van der Waals surface area contributed by atoms with Gasteiger partial charge in [0.2, 0.25) is 5.91 Å². The molecule has 90 valence electrons. The van der Waals surface area contributed by atoms with Crippen molar-refractivity contribution in [1.29, 1.82) is 0 Å². The van der Waals surface area contributed by atoms with Crippen LogP contribution in [0.15, 0.2) is 35.2 Å². The monoisotopic (exact) mass is 248 g/mol. The van der Waals surface area contributed by atoms with Gasteiger partial charge in [0.25, 0.3) is 0 Å². The van der Waals surface area contributed by atoms with Crippen molar-refractivity contribution in [2.75, 3.05) is 19.6 Å². The van der Waals surface area contributed by atoms with Crippen molar-refractivity contribution in [3.8, 4) is 0 Å². The minimum atomic E-state index is -0.0298. The van der Waals surface area contributed by atoms with Gasteiger partial charge in [-0.1, -0.05) is 17.7 Å². The zero-order valence-electron chi connectivity index (χ0n) is 9.61. The van der Waals surface area contributed by atoms with Gasteiger partial charge in [0, 0.05) is 24.0 Å². The van der Waals surface area contributed by atoms with E-state index < -0.39 is 0 Å². The van der Waals surface area contributed by atoms with Crippen molar-refractivity contribution in [2.45, 2.75) is 6.42 Å². The second-order valence-corrected chi connectivity index (χ2v) is 4.86. The molecule has 0 radical (unpaired) electrons. The molecule has 2 heterocycles. The Balaban J connectivity index is 1.76. The summed E-state index contributed by atoms with van der Waals surface area (Å²) in [5, 5.41) is 8.14. The third-order valence-electron chi connectivity index (χ3n) is 2.59. The van der Waals surface area contributed by atoms with Crippen LogP contribution in [0.5, 0.6) is 0 Å². The van der Waals surface area contributed by atoms with Gasteiger partial charge in [0.15, 0.2) is 0 Å². The number of amides is 1. The van der Waals surface area contributed by atoms with Gasteiger partial charge in [-0.3, -0.25) is 4.79 Å². The second-order valence-electron chi connectivity index (χ2n) is 3.88. The van der Waals surface area contributed by atoms with Crippen LogP contribution in [0.2, 0.25) is 0 Å². The van der Waals surface area contributed by atoms with Crippen LogP contribution in [-0.2, 0) is 4.79 Å². The molecule has 0 saturated heterocycles. The van der Waals surface area contributed by atoms with Crippen LogP contribution in [0.3, 0.4) is 0 Å². The minimum absolute atomic E-state index is 0.0298. The topological polar surface area (TPSA) is 41.1 Å². The van der Waals surface area contributed by atoms with E-state index >= 15 is 0 Å². The van der Waals surface area contributed by atoms with Crippen molar-refractivity contribution in [2.24, 2.45) is 0 Å². The lowest BCUT2D eigenvalue weighted by atomic mass is 10.1. The average molecular weight is 248 g/mol. The Morgan fingerprint density at radius 2 is 2.53 bits per heavy atom. The Morgan fingerprint density at radius 1 is 1.59 bits per heavy atom. The predicted octanol–water partition coefficient (Wildman–Crippen LogP) is 1.80. The van der Waals surface area contributed by atoms with E-state index in [2.05, 4.69) is 16.7 Å². The number of carbonyl (C=O) groups is 1. The van der Waals surface area contributed by atoms with Gasteiger partial charge in [0.1, 0.15) is 0 Å². The highest BCUT2D eigenvalue weighted by molar-refractivity contribution is 7.10. The molecule has 1 aliphatic rings. The number of nitrogens with one attached hydrogen (secondary N) is 2. The third-order valence-corrected chi connectivity index (χ3v) is 3.43. The lowest BCUT2D eigenvalue weighted by Gasteiger charge is -2.13. The normalized spacial score (nSPS) is 15.9. The molecule has 17 heavy (non-hydrogen) atoms. The highest BCUT2D eigenvalue weighted by Gasteiger charge is 2.03. The second kappa shape index (κ2) is 6.37. The first-order valence-corrected chi connectivity index (χ1v) is 6.60. The van der Waals surface area contributed by atoms with E-state index in [1.807, 2.05) is 23.6 Å². The number of carbonyl (C=O) groups excluding carboxylic acids is 1. The lowest BCUT2D eigenvalue weighted by Crippen LogP contribution is -2.28. The molecule has 0 fully saturated rings. The highest BCUT2D eigenvalue weighted by atomic mass is 32.1. The number of rotatable bonds is 4. The van der Waals surface area contributed by atoms with Gasteiger partial charge < -0.3 is 10.6 Å². The summed E-state index contributed by atoms with van der Waals surface area (Å²) in [4.78, 5) is 12.6. The van der Waals surface area contributed by atoms with E-state index in [0.717, 1.165) is 24.4 Å². The van der Waals surface area contributed by atoms with Crippen molar-refractivity contribution in [3.05, 3.63) is 40.1 Å². The van der Waals surface area contributed by atoms with Gasteiger partial charge in [-0.2, -0.15) is 0 Å². The molecule has 0 spiro atoms. The Bertz CT molecular complexity index is 421. The van der Waals surface area contributed by atoms with Crippen molar-refractivity contribution < 1.29 is 4.79 Å². The lowest BCUT2D eigenvalue weighted by molar-refractivity contribution is -0.116. The van der Waals surface area contributed by atoms with Gasteiger partial charge in [-0.15, -0.1) is 11.3 Å². The summed E-state index contributed by atoms with van der Waals surface area (Å²) in [6, 6.07) is 3.96. The van der Waals surface area contributed by atoms with Crippen LogP contribution in [0, 0.1) is 0 Å². The van der Waals surface area contributed by atoms with Crippen LogP contribution < -0.4 is 10.6 Å². The third kappa shape index (κ3) is 4.17. The van der Waals surface area contributed by atoms with E-state index in [-0.39, 0.29) is 5.91 Å². The van der Waals surface area contributed by atoms with E-state index in [1.165, 1.54) is 5.57 Å². The molecule has 0 aromatic carbocycles. The van der Waals surface area contributed by atoms with Crippen LogP contribution in [0.1, 0.15) is 11.3 Å². The summed E-state index contributed by atoms with van der Waals surface area (Å²) >= 11 is 1.62. The van der Waals surface area contributed by atoms with Crippen molar-refractivity contribution in [1.82, 2.24) is 10.6 Å². The molecule has 3 nitrogen and oxygen atoms in total. The van der Waals surface area contributed by atoms with E-state index in [1.54, 1.807) is 17.4 Å². The first kappa shape index (κ1) is 12.1. The van der Waals surface area contributed by atoms with Gasteiger partial charge in [-0.25, -0.2) is 0 Å². The van der Waals surface area contributed by atoms with E-state index in [4.69, 9.17) is 0 Å². The predicted molar refractivity (Wildman–Crippen MR) is 71.9 cm³/mol. The molecule has 0 unspecified atom stereocenters. The number of hydrogen-bond acceptors (Lipinski definition) is 3. The first-order valence-electron chi connectivity index (χ1n) is 5.72. The Labute approximate surface area is 105 Å². The zero-order valence-corrected chi connectivity index (χ0v) is 10.4. The van der Waals surface area contributed by atoms with Crippen molar-refractivity contribution in [3.63, 3.8) is 0 Å². The molecule has 1 aromatic rings. The van der Waals surface area contributed by atoms with Crippen LogP contribution in [0.4, 0.5) is 0 Å². The Hall–Kier alpha value is -1.39. The summed E-state index contributed by atoms with van der Waals surface area (Å²) in [6.07, 6.45) is 6.60. The smallest absolute Gasteiger partial charge is 0.244 e. The van der Waals surface area contributed by atoms with Crippen LogP contribution in [-0.4, -0.2) is 25.5 Å². The van der Waals surface area contributed by atoms with E-state index in [9.17, 15) is 4.79 Å².